The summed E-state index contributed by atoms with van der Waals surface area (Å²) in [6, 6.07) is 0.553. The first-order valence-electron chi connectivity index (χ1n) is 6.97. The van der Waals surface area contributed by atoms with Crippen LogP contribution in [0.25, 0.3) is 0 Å². The van der Waals surface area contributed by atoms with Crippen molar-refractivity contribution < 1.29 is 0 Å². The molecule has 0 radical (unpaired) electrons. The molecular formula is C14H22BrN3. The van der Waals surface area contributed by atoms with Gasteiger partial charge in [-0.3, -0.25) is 0 Å². The minimum Gasteiger partial charge on any atom is -0.351 e. The third-order valence-corrected chi connectivity index (χ3v) is 4.32. The summed E-state index contributed by atoms with van der Waals surface area (Å²) in [5.41, 5.74) is 1.11. The van der Waals surface area contributed by atoms with Gasteiger partial charge in [-0.15, -0.1) is 0 Å². The summed E-state index contributed by atoms with van der Waals surface area (Å²) in [6.07, 6.45) is 9.08. The van der Waals surface area contributed by atoms with Gasteiger partial charge < -0.3 is 5.32 Å². The van der Waals surface area contributed by atoms with Gasteiger partial charge >= 0.3 is 0 Å². The van der Waals surface area contributed by atoms with Crippen molar-refractivity contribution in [2.24, 2.45) is 5.92 Å². The fraction of sp³-hybridized carbons (Fsp3) is 0.714. The van der Waals surface area contributed by atoms with Crippen LogP contribution in [0.4, 0.5) is 5.95 Å². The van der Waals surface area contributed by atoms with Gasteiger partial charge in [0.2, 0.25) is 5.95 Å². The lowest BCUT2D eigenvalue weighted by Crippen LogP contribution is -2.26. The van der Waals surface area contributed by atoms with Crippen LogP contribution >= 0.6 is 15.9 Å². The molecule has 0 unspecified atom stereocenters. The SMILES string of the molecule is CCCc1nc(NC2CCC(C)CC2)ncc1Br. The standard InChI is InChI=1S/C14H22BrN3/c1-3-4-13-12(15)9-16-14(18-13)17-11-7-5-10(2)6-8-11/h9-11H,3-8H2,1-2H3,(H,16,17,18). The minimum atomic E-state index is 0.553. The van der Waals surface area contributed by atoms with Crippen LogP contribution in [-0.2, 0) is 6.42 Å². The van der Waals surface area contributed by atoms with E-state index in [0.717, 1.165) is 34.9 Å². The number of nitrogens with zero attached hydrogens (tertiary/aromatic N) is 2. The summed E-state index contributed by atoms with van der Waals surface area (Å²) in [6.45, 7) is 4.51. The van der Waals surface area contributed by atoms with Crippen molar-refractivity contribution in [1.29, 1.82) is 0 Å². The molecule has 0 atom stereocenters. The molecule has 0 aliphatic heterocycles. The molecule has 1 fully saturated rings. The van der Waals surface area contributed by atoms with E-state index in [2.05, 4.69) is 45.1 Å². The van der Waals surface area contributed by atoms with Gasteiger partial charge in [0.05, 0.1) is 10.2 Å². The molecule has 1 aromatic heterocycles. The molecule has 100 valence electrons. The van der Waals surface area contributed by atoms with E-state index < -0.39 is 0 Å². The molecule has 1 aliphatic rings. The van der Waals surface area contributed by atoms with Crippen molar-refractivity contribution >= 4 is 21.9 Å². The Labute approximate surface area is 118 Å². The van der Waals surface area contributed by atoms with Crippen molar-refractivity contribution in [3.63, 3.8) is 0 Å². The molecule has 4 heteroatoms. The van der Waals surface area contributed by atoms with Gasteiger partial charge in [-0.25, -0.2) is 9.97 Å². The highest BCUT2D eigenvalue weighted by Gasteiger charge is 2.18. The first kappa shape index (κ1) is 13.8. The molecule has 0 bridgehead atoms. The zero-order valence-corrected chi connectivity index (χ0v) is 12.8. The Balaban J connectivity index is 1.98. The minimum absolute atomic E-state index is 0.553. The van der Waals surface area contributed by atoms with Crippen molar-refractivity contribution in [2.75, 3.05) is 5.32 Å². The van der Waals surface area contributed by atoms with Crippen molar-refractivity contribution in [3.05, 3.63) is 16.4 Å². The predicted octanol–water partition coefficient (Wildman–Crippen LogP) is 4.18. The summed E-state index contributed by atoms with van der Waals surface area (Å²) < 4.78 is 1.02. The average Bonchev–Trinajstić information content (AvgIpc) is 2.37. The van der Waals surface area contributed by atoms with Crippen LogP contribution in [0.1, 0.15) is 51.6 Å². The van der Waals surface area contributed by atoms with Gasteiger partial charge in [0.15, 0.2) is 0 Å². The normalized spacial score (nSPS) is 23.9. The van der Waals surface area contributed by atoms with Crippen LogP contribution in [0.5, 0.6) is 0 Å². The Kier molecular flexibility index (Phi) is 4.98. The Morgan fingerprint density at radius 2 is 2.06 bits per heavy atom. The lowest BCUT2D eigenvalue weighted by atomic mass is 9.87. The van der Waals surface area contributed by atoms with Gasteiger partial charge in [0.1, 0.15) is 0 Å². The van der Waals surface area contributed by atoms with E-state index in [-0.39, 0.29) is 0 Å². The molecule has 0 spiro atoms. The first-order chi connectivity index (χ1) is 8.69. The molecule has 1 aliphatic carbocycles. The average molecular weight is 312 g/mol. The number of aromatic nitrogens is 2. The predicted molar refractivity (Wildman–Crippen MR) is 78.8 cm³/mol. The van der Waals surface area contributed by atoms with Gasteiger partial charge in [-0.1, -0.05) is 20.3 Å². The number of halogens is 1. The van der Waals surface area contributed by atoms with Crippen molar-refractivity contribution in [3.8, 4) is 0 Å². The topological polar surface area (TPSA) is 37.8 Å². The van der Waals surface area contributed by atoms with Crippen LogP contribution < -0.4 is 5.32 Å². The number of aryl methyl sites for hydroxylation is 1. The van der Waals surface area contributed by atoms with Crippen molar-refractivity contribution in [1.82, 2.24) is 9.97 Å². The molecule has 1 aromatic rings. The largest absolute Gasteiger partial charge is 0.351 e. The fourth-order valence-corrected chi connectivity index (χ4v) is 2.86. The van der Waals surface area contributed by atoms with Gasteiger partial charge in [-0.05, 0) is 54.0 Å². The van der Waals surface area contributed by atoms with Gasteiger partial charge in [0.25, 0.3) is 0 Å². The molecule has 0 amide bonds. The van der Waals surface area contributed by atoms with Crippen LogP contribution in [0.2, 0.25) is 0 Å². The third kappa shape index (κ3) is 3.67. The smallest absolute Gasteiger partial charge is 0.223 e. The highest BCUT2D eigenvalue weighted by atomic mass is 79.9. The zero-order valence-electron chi connectivity index (χ0n) is 11.2. The Morgan fingerprint density at radius 3 is 2.72 bits per heavy atom. The first-order valence-corrected chi connectivity index (χ1v) is 7.76. The fourth-order valence-electron chi connectivity index (χ4n) is 2.47. The second kappa shape index (κ2) is 6.50. The maximum Gasteiger partial charge on any atom is 0.223 e. The molecule has 1 heterocycles. The van der Waals surface area contributed by atoms with Gasteiger partial charge in [-0.2, -0.15) is 0 Å². The van der Waals surface area contributed by atoms with Crippen LogP contribution in [0, 0.1) is 5.92 Å². The van der Waals surface area contributed by atoms with Crippen LogP contribution in [0.3, 0.4) is 0 Å². The summed E-state index contributed by atoms with van der Waals surface area (Å²) >= 11 is 3.51. The maximum atomic E-state index is 4.61. The molecule has 1 N–H and O–H groups in total. The summed E-state index contributed by atoms with van der Waals surface area (Å²) in [5.74, 6) is 1.67. The molecule has 18 heavy (non-hydrogen) atoms. The van der Waals surface area contributed by atoms with Gasteiger partial charge in [0, 0.05) is 12.2 Å². The number of anilines is 1. The number of rotatable bonds is 4. The van der Waals surface area contributed by atoms with E-state index in [9.17, 15) is 0 Å². The lowest BCUT2D eigenvalue weighted by molar-refractivity contribution is 0.360. The van der Waals surface area contributed by atoms with E-state index in [0.29, 0.717) is 6.04 Å². The summed E-state index contributed by atoms with van der Waals surface area (Å²) in [7, 11) is 0. The molecule has 3 nitrogen and oxygen atoms in total. The Hall–Kier alpha value is -0.640. The van der Waals surface area contributed by atoms with E-state index in [1.165, 1.54) is 25.7 Å². The second-order valence-electron chi connectivity index (χ2n) is 5.34. The highest BCUT2D eigenvalue weighted by Crippen LogP contribution is 2.25. The monoisotopic (exact) mass is 311 g/mol. The Bertz CT molecular complexity index is 387. The second-order valence-corrected chi connectivity index (χ2v) is 6.19. The van der Waals surface area contributed by atoms with Crippen molar-refractivity contribution in [2.45, 2.75) is 58.4 Å². The molecule has 1 saturated carbocycles. The van der Waals surface area contributed by atoms with E-state index in [1.54, 1.807) is 0 Å². The molecule has 0 saturated heterocycles. The van der Waals surface area contributed by atoms with E-state index >= 15 is 0 Å². The third-order valence-electron chi connectivity index (χ3n) is 3.65. The number of hydrogen-bond acceptors (Lipinski definition) is 3. The molecular weight excluding hydrogens is 290 g/mol. The number of hydrogen-bond donors (Lipinski definition) is 1. The van der Waals surface area contributed by atoms with Crippen LogP contribution in [-0.4, -0.2) is 16.0 Å². The summed E-state index contributed by atoms with van der Waals surface area (Å²) in [4.78, 5) is 8.97. The maximum absolute atomic E-state index is 4.61. The van der Waals surface area contributed by atoms with E-state index in [1.807, 2.05) is 6.20 Å². The zero-order chi connectivity index (χ0) is 13.0. The molecule has 0 aromatic carbocycles. The lowest BCUT2D eigenvalue weighted by Gasteiger charge is -2.27. The molecule has 2 rings (SSSR count). The quantitative estimate of drug-likeness (QED) is 0.906. The summed E-state index contributed by atoms with van der Waals surface area (Å²) in [5, 5.41) is 3.48. The number of nitrogens with one attached hydrogen (secondary N) is 1. The van der Waals surface area contributed by atoms with E-state index in [4.69, 9.17) is 0 Å². The Morgan fingerprint density at radius 1 is 1.33 bits per heavy atom. The highest BCUT2D eigenvalue weighted by molar-refractivity contribution is 9.10. The van der Waals surface area contributed by atoms with Crippen LogP contribution in [0.15, 0.2) is 10.7 Å².